The van der Waals surface area contributed by atoms with E-state index in [1.807, 2.05) is 18.2 Å². The van der Waals surface area contributed by atoms with Crippen molar-refractivity contribution in [1.82, 2.24) is 15.2 Å². The summed E-state index contributed by atoms with van der Waals surface area (Å²) in [4.78, 5) is 9.05. The minimum atomic E-state index is -0.376. The first-order chi connectivity index (χ1) is 12.3. The van der Waals surface area contributed by atoms with Crippen LogP contribution in [0.4, 0.5) is 17.5 Å². The average molecular weight is 341 g/mol. The quantitative estimate of drug-likeness (QED) is 0.846. The first-order valence-corrected chi connectivity index (χ1v) is 8.85. The summed E-state index contributed by atoms with van der Waals surface area (Å²) in [7, 11) is 0. The van der Waals surface area contributed by atoms with Gasteiger partial charge in [-0.3, -0.25) is 0 Å². The number of hydrogen-bond donors (Lipinski definition) is 0. The molecule has 0 N–H and O–H groups in total. The molecule has 2 aromatic rings. The Hall–Kier alpha value is -2.25. The second kappa shape index (κ2) is 6.93. The fraction of sp³-hybridized carbons (Fsp3) is 0.500. The molecule has 1 aromatic heterocycles. The van der Waals surface area contributed by atoms with Gasteiger partial charge in [-0.05, 0) is 19.1 Å². The van der Waals surface area contributed by atoms with Gasteiger partial charge in [-0.15, -0.1) is 5.10 Å². The molecule has 0 bridgehead atoms. The van der Waals surface area contributed by atoms with Gasteiger partial charge in [0.2, 0.25) is 0 Å². The maximum atomic E-state index is 5.80. The Kier molecular flexibility index (Phi) is 4.50. The van der Waals surface area contributed by atoms with E-state index in [1.54, 1.807) is 6.20 Å². The van der Waals surface area contributed by atoms with Crippen LogP contribution in [0.2, 0.25) is 0 Å². The van der Waals surface area contributed by atoms with Crippen LogP contribution in [0.25, 0.3) is 0 Å². The van der Waals surface area contributed by atoms with E-state index in [1.165, 1.54) is 0 Å². The highest BCUT2D eigenvalue weighted by molar-refractivity contribution is 5.57. The zero-order chi connectivity index (χ0) is 17.1. The summed E-state index contributed by atoms with van der Waals surface area (Å²) < 4.78 is 11.6. The van der Waals surface area contributed by atoms with Crippen molar-refractivity contribution in [2.75, 3.05) is 42.6 Å². The summed E-state index contributed by atoms with van der Waals surface area (Å²) in [5.41, 5.74) is 1.06. The van der Waals surface area contributed by atoms with Gasteiger partial charge in [0.1, 0.15) is 0 Å². The number of rotatable bonds is 4. The van der Waals surface area contributed by atoms with Gasteiger partial charge in [-0.1, -0.05) is 18.2 Å². The first-order valence-electron chi connectivity index (χ1n) is 8.85. The largest absolute Gasteiger partial charge is 0.355 e. The summed E-state index contributed by atoms with van der Waals surface area (Å²) in [6, 6.07) is 10.1. The van der Waals surface area contributed by atoms with Crippen LogP contribution in [0.15, 0.2) is 36.5 Å². The Morgan fingerprint density at radius 3 is 2.52 bits per heavy atom. The SMILES string of the molecule is CCN(c1ccccc1)c1nncc(N2CCC3(CC2)OCCO3)n1. The highest BCUT2D eigenvalue weighted by Crippen LogP contribution is 2.33. The normalized spacial score (nSPS) is 19.3. The van der Waals surface area contributed by atoms with E-state index < -0.39 is 0 Å². The Balaban J connectivity index is 1.51. The zero-order valence-electron chi connectivity index (χ0n) is 14.5. The Morgan fingerprint density at radius 2 is 1.84 bits per heavy atom. The van der Waals surface area contributed by atoms with Crippen molar-refractivity contribution in [2.24, 2.45) is 0 Å². The van der Waals surface area contributed by atoms with E-state index in [0.29, 0.717) is 19.2 Å². The van der Waals surface area contributed by atoms with Crippen LogP contribution in [0, 0.1) is 0 Å². The standard InChI is InChI=1S/C18H23N5O2/c1-2-23(15-6-4-3-5-7-15)17-20-16(14-19-21-17)22-10-8-18(9-11-22)24-12-13-25-18/h3-7,14H,2,8-13H2,1H3. The third-order valence-corrected chi connectivity index (χ3v) is 4.82. The number of ether oxygens (including phenoxy) is 2. The lowest BCUT2D eigenvalue weighted by atomic mass is 10.0. The number of anilines is 3. The maximum absolute atomic E-state index is 5.80. The topological polar surface area (TPSA) is 63.6 Å². The molecule has 4 rings (SSSR count). The minimum Gasteiger partial charge on any atom is -0.355 e. The summed E-state index contributed by atoms with van der Waals surface area (Å²) in [5, 5.41) is 8.43. The molecule has 25 heavy (non-hydrogen) atoms. The molecule has 2 aliphatic heterocycles. The van der Waals surface area contributed by atoms with E-state index >= 15 is 0 Å². The van der Waals surface area contributed by atoms with Crippen molar-refractivity contribution >= 4 is 17.5 Å². The van der Waals surface area contributed by atoms with Gasteiger partial charge in [-0.25, -0.2) is 0 Å². The summed E-state index contributed by atoms with van der Waals surface area (Å²) >= 11 is 0. The number of para-hydroxylation sites is 1. The first kappa shape index (κ1) is 16.2. The van der Waals surface area contributed by atoms with Crippen molar-refractivity contribution in [2.45, 2.75) is 25.6 Å². The van der Waals surface area contributed by atoms with Crippen LogP contribution in [0.5, 0.6) is 0 Å². The number of aromatic nitrogens is 3. The van der Waals surface area contributed by atoms with Crippen molar-refractivity contribution in [1.29, 1.82) is 0 Å². The third kappa shape index (κ3) is 3.29. The van der Waals surface area contributed by atoms with Crippen molar-refractivity contribution in [3.8, 4) is 0 Å². The lowest BCUT2D eigenvalue weighted by molar-refractivity contribution is -0.169. The van der Waals surface area contributed by atoms with Gasteiger partial charge in [0.25, 0.3) is 5.95 Å². The zero-order valence-corrected chi connectivity index (χ0v) is 14.5. The van der Waals surface area contributed by atoms with Gasteiger partial charge in [0.05, 0.1) is 19.4 Å². The molecule has 2 saturated heterocycles. The number of nitrogens with zero attached hydrogens (tertiary/aromatic N) is 5. The highest BCUT2D eigenvalue weighted by Gasteiger charge is 2.40. The van der Waals surface area contributed by atoms with Crippen LogP contribution in [0.3, 0.4) is 0 Å². The fourth-order valence-electron chi connectivity index (χ4n) is 3.46. The van der Waals surface area contributed by atoms with Crippen LogP contribution < -0.4 is 9.80 Å². The molecule has 7 heteroatoms. The molecule has 0 aliphatic carbocycles. The van der Waals surface area contributed by atoms with Crippen LogP contribution in [0.1, 0.15) is 19.8 Å². The second-order valence-corrected chi connectivity index (χ2v) is 6.29. The van der Waals surface area contributed by atoms with Crippen molar-refractivity contribution in [3.63, 3.8) is 0 Å². The molecule has 0 saturated carbocycles. The Bertz CT molecular complexity index is 696. The molecule has 7 nitrogen and oxygen atoms in total. The van der Waals surface area contributed by atoms with Crippen LogP contribution >= 0.6 is 0 Å². The van der Waals surface area contributed by atoms with Crippen molar-refractivity contribution < 1.29 is 9.47 Å². The van der Waals surface area contributed by atoms with Gasteiger partial charge in [0.15, 0.2) is 11.6 Å². The Labute approximate surface area is 147 Å². The van der Waals surface area contributed by atoms with E-state index in [9.17, 15) is 0 Å². The van der Waals surface area contributed by atoms with E-state index in [0.717, 1.165) is 44.0 Å². The molecule has 2 fully saturated rings. The lowest BCUT2D eigenvalue weighted by Gasteiger charge is -2.38. The van der Waals surface area contributed by atoms with Gasteiger partial charge < -0.3 is 19.3 Å². The predicted molar refractivity (Wildman–Crippen MR) is 95.0 cm³/mol. The van der Waals surface area contributed by atoms with E-state index in [4.69, 9.17) is 14.5 Å². The minimum absolute atomic E-state index is 0.376. The molecular formula is C18H23N5O2. The maximum Gasteiger partial charge on any atom is 0.251 e. The molecule has 0 unspecified atom stereocenters. The smallest absolute Gasteiger partial charge is 0.251 e. The molecular weight excluding hydrogens is 318 g/mol. The molecule has 0 amide bonds. The monoisotopic (exact) mass is 341 g/mol. The summed E-state index contributed by atoms with van der Waals surface area (Å²) in [5.74, 6) is 1.10. The van der Waals surface area contributed by atoms with Gasteiger partial charge in [-0.2, -0.15) is 10.1 Å². The molecule has 1 aromatic carbocycles. The predicted octanol–water partition coefficient (Wildman–Crippen LogP) is 2.37. The average Bonchev–Trinajstić information content (AvgIpc) is 3.12. The van der Waals surface area contributed by atoms with Crippen molar-refractivity contribution in [3.05, 3.63) is 36.5 Å². The highest BCUT2D eigenvalue weighted by atomic mass is 16.7. The van der Waals surface area contributed by atoms with Crippen LogP contribution in [-0.4, -0.2) is 53.8 Å². The van der Waals surface area contributed by atoms with Gasteiger partial charge >= 0.3 is 0 Å². The molecule has 1 spiro atoms. The Morgan fingerprint density at radius 1 is 1.12 bits per heavy atom. The number of piperidine rings is 1. The molecule has 0 atom stereocenters. The van der Waals surface area contributed by atoms with E-state index in [2.05, 4.69) is 39.1 Å². The molecule has 0 radical (unpaired) electrons. The molecule has 132 valence electrons. The van der Waals surface area contributed by atoms with Gasteiger partial charge in [0, 0.05) is 38.2 Å². The fourth-order valence-corrected chi connectivity index (χ4v) is 3.46. The third-order valence-electron chi connectivity index (χ3n) is 4.82. The molecule has 3 heterocycles. The number of benzene rings is 1. The van der Waals surface area contributed by atoms with E-state index in [-0.39, 0.29) is 5.79 Å². The summed E-state index contributed by atoms with van der Waals surface area (Å²) in [6.07, 6.45) is 3.43. The molecule has 2 aliphatic rings. The number of hydrogen-bond acceptors (Lipinski definition) is 7. The second-order valence-electron chi connectivity index (χ2n) is 6.29. The lowest BCUT2D eigenvalue weighted by Crippen LogP contribution is -2.45. The van der Waals surface area contributed by atoms with Crippen LogP contribution in [-0.2, 0) is 9.47 Å². The summed E-state index contributed by atoms with van der Waals surface area (Å²) in [6.45, 7) is 5.94.